The Kier molecular flexibility index (Phi) is 5.43. The molecule has 2 aromatic carbocycles. The van der Waals surface area contributed by atoms with Gasteiger partial charge in [-0.05, 0) is 49.4 Å². The summed E-state index contributed by atoms with van der Waals surface area (Å²) in [5.74, 6) is 0.948. The van der Waals surface area contributed by atoms with Crippen molar-refractivity contribution in [3.8, 4) is 5.75 Å². The highest BCUT2D eigenvalue weighted by molar-refractivity contribution is 5.31. The molecule has 1 heteroatoms. The first-order valence-corrected chi connectivity index (χ1v) is 7.14. The molecule has 0 heterocycles. The number of hydrogen-bond donors (Lipinski definition) is 0. The summed E-state index contributed by atoms with van der Waals surface area (Å²) in [6.07, 6.45) is 3.03. The van der Waals surface area contributed by atoms with Crippen LogP contribution >= 0.6 is 0 Å². The molecule has 0 aliphatic rings. The van der Waals surface area contributed by atoms with Crippen molar-refractivity contribution in [3.05, 3.63) is 77.9 Å². The molecule has 0 amide bonds. The summed E-state index contributed by atoms with van der Waals surface area (Å²) in [6.45, 7) is 6.70. The number of hydrogen-bond acceptors (Lipinski definition) is 1. The highest BCUT2D eigenvalue weighted by Gasteiger charge is 1.98. The van der Waals surface area contributed by atoms with Gasteiger partial charge in [-0.2, -0.15) is 0 Å². The van der Waals surface area contributed by atoms with Crippen LogP contribution in [0.15, 0.2) is 66.7 Å². The highest BCUT2D eigenvalue weighted by Crippen LogP contribution is 2.16. The molecular formula is C19H22O. The number of ether oxygens (including phenoxy) is 1. The molecule has 0 aliphatic heterocycles. The predicted molar refractivity (Wildman–Crippen MR) is 85.2 cm³/mol. The van der Waals surface area contributed by atoms with Crippen molar-refractivity contribution >= 4 is 0 Å². The topological polar surface area (TPSA) is 9.23 Å². The lowest BCUT2D eigenvalue weighted by Crippen LogP contribution is -1.97. The van der Waals surface area contributed by atoms with Crippen LogP contribution in [0.3, 0.4) is 0 Å². The Bertz CT molecular complexity index is 525. The summed E-state index contributed by atoms with van der Waals surface area (Å²) in [5.41, 5.74) is 3.86. The van der Waals surface area contributed by atoms with Gasteiger partial charge >= 0.3 is 0 Å². The van der Waals surface area contributed by atoms with Crippen LogP contribution in [-0.4, -0.2) is 6.61 Å². The van der Waals surface area contributed by atoms with Gasteiger partial charge in [-0.3, -0.25) is 0 Å². The van der Waals surface area contributed by atoms with Crippen LogP contribution in [0.4, 0.5) is 0 Å². The first-order valence-electron chi connectivity index (χ1n) is 7.14. The average molecular weight is 266 g/mol. The van der Waals surface area contributed by atoms with Crippen LogP contribution < -0.4 is 4.74 Å². The summed E-state index contributed by atoms with van der Waals surface area (Å²) in [7, 11) is 0. The third-order valence-electron chi connectivity index (χ3n) is 3.19. The maximum atomic E-state index is 5.72. The fraction of sp³-hybridized carbons (Fsp3) is 0.263. The van der Waals surface area contributed by atoms with Gasteiger partial charge < -0.3 is 4.74 Å². The quantitative estimate of drug-likeness (QED) is 0.505. The molecule has 0 unspecified atom stereocenters. The van der Waals surface area contributed by atoms with Crippen molar-refractivity contribution in [3.63, 3.8) is 0 Å². The second-order valence-corrected chi connectivity index (χ2v) is 5.22. The molecule has 0 atom stereocenters. The van der Waals surface area contributed by atoms with Crippen molar-refractivity contribution < 1.29 is 4.74 Å². The lowest BCUT2D eigenvalue weighted by molar-refractivity contribution is 0.311. The van der Waals surface area contributed by atoms with E-state index in [4.69, 9.17) is 4.74 Å². The van der Waals surface area contributed by atoms with Crippen molar-refractivity contribution in [2.24, 2.45) is 0 Å². The van der Waals surface area contributed by atoms with E-state index in [-0.39, 0.29) is 0 Å². The van der Waals surface area contributed by atoms with Gasteiger partial charge in [-0.1, -0.05) is 48.0 Å². The average Bonchev–Trinajstić information content (AvgIpc) is 2.46. The maximum absolute atomic E-state index is 5.72. The van der Waals surface area contributed by atoms with Gasteiger partial charge in [0, 0.05) is 0 Å². The molecule has 0 N–H and O–H groups in total. The van der Waals surface area contributed by atoms with E-state index >= 15 is 0 Å². The highest BCUT2D eigenvalue weighted by atomic mass is 16.5. The first-order chi connectivity index (χ1) is 9.74. The summed E-state index contributed by atoms with van der Waals surface area (Å²) < 4.78 is 5.72. The Labute approximate surface area is 121 Å². The lowest BCUT2D eigenvalue weighted by Gasteiger charge is -2.07. The normalized spacial score (nSPS) is 10.2. The van der Waals surface area contributed by atoms with Crippen LogP contribution in [0.1, 0.15) is 30.9 Å². The molecule has 0 radical (unpaired) electrons. The molecule has 20 heavy (non-hydrogen) atoms. The molecule has 0 saturated heterocycles. The fourth-order valence-corrected chi connectivity index (χ4v) is 2.10. The lowest BCUT2D eigenvalue weighted by atomic mass is 10.1. The maximum Gasteiger partial charge on any atom is 0.119 e. The molecular weight excluding hydrogens is 244 g/mol. The number of allylic oxidation sites excluding steroid dienone is 1. The second-order valence-electron chi connectivity index (χ2n) is 5.22. The van der Waals surface area contributed by atoms with E-state index in [1.807, 2.05) is 6.07 Å². The summed E-state index contributed by atoms with van der Waals surface area (Å²) in [6, 6.07) is 18.9. The molecule has 0 aliphatic carbocycles. The van der Waals surface area contributed by atoms with Crippen molar-refractivity contribution in [1.82, 2.24) is 0 Å². The zero-order valence-corrected chi connectivity index (χ0v) is 12.1. The molecule has 0 spiro atoms. The molecule has 104 valence electrons. The van der Waals surface area contributed by atoms with E-state index < -0.39 is 0 Å². The number of rotatable bonds is 7. The van der Waals surface area contributed by atoms with Crippen molar-refractivity contribution in [1.29, 1.82) is 0 Å². The zero-order chi connectivity index (χ0) is 14.2. The zero-order valence-electron chi connectivity index (χ0n) is 12.1. The fourth-order valence-electron chi connectivity index (χ4n) is 2.10. The second kappa shape index (κ2) is 7.54. The molecule has 0 saturated carbocycles. The number of benzene rings is 2. The van der Waals surface area contributed by atoms with E-state index in [1.54, 1.807) is 0 Å². The third kappa shape index (κ3) is 4.93. The van der Waals surface area contributed by atoms with E-state index in [0.29, 0.717) is 0 Å². The van der Waals surface area contributed by atoms with Gasteiger partial charge in [0.25, 0.3) is 0 Å². The van der Waals surface area contributed by atoms with Gasteiger partial charge in [-0.15, -0.1) is 6.58 Å². The SMILES string of the molecule is C=C(C)CCCOc1ccc(Cc2ccccc2)cc1. The molecule has 0 fully saturated rings. The van der Waals surface area contributed by atoms with Crippen molar-refractivity contribution in [2.75, 3.05) is 6.61 Å². The standard InChI is InChI=1S/C19H22O/c1-16(2)7-6-14-20-19-12-10-18(11-13-19)15-17-8-4-3-5-9-17/h3-5,8-13H,1,6-7,14-15H2,2H3. The Morgan fingerprint density at radius 2 is 1.60 bits per heavy atom. The third-order valence-corrected chi connectivity index (χ3v) is 3.19. The molecule has 2 rings (SSSR count). The van der Waals surface area contributed by atoms with Gasteiger partial charge in [-0.25, -0.2) is 0 Å². The smallest absolute Gasteiger partial charge is 0.119 e. The minimum absolute atomic E-state index is 0.755. The molecule has 1 nitrogen and oxygen atoms in total. The van der Waals surface area contributed by atoms with E-state index in [9.17, 15) is 0 Å². The van der Waals surface area contributed by atoms with Crippen LogP contribution in [0.2, 0.25) is 0 Å². The summed E-state index contributed by atoms with van der Waals surface area (Å²) in [5, 5.41) is 0. The van der Waals surface area contributed by atoms with E-state index in [2.05, 4.69) is 62.0 Å². The Morgan fingerprint density at radius 3 is 2.25 bits per heavy atom. The van der Waals surface area contributed by atoms with E-state index in [0.717, 1.165) is 31.6 Å². The Hall–Kier alpha value is -2.02. The Morgan fingerprint density at radius 1 is 0.950 bits per heavy atom. The van der Waals surface area contributed by atoms with Gasteiger partial charge in [0.2, 0.25) is 0 Å². The molecule has 0 aromatic heterocycles. The van der Waals surface area contributed by atoms with Gasteiger partial charge in [0.1, 0.15) is 5.75 Å². The molecule has 2 aromatic rings. The predicted octanol–water partition coefficient (Wildman–Crippen LogP) is 5.01. The van der Waals surface area contributed by atoms with E-state index in [1.165, 1.54) is 16.7 Å². The van der Waals surface area contributed by atoms with Gasteiger partial charge in [0.05, 0.1) is 6.61 Å². The van der Waals surface area contributed by atoms with Crippen molar-refractivity contribution in [2.45, 2.75) is 26.2 Å². The Balaban J connectivity index is 1.82. The van der Waals surface area contributed by atoms with Crippen LogP contribution in [0, 0.1) is 0 Å². The van der Waals surface area contributed by atoms with Crippen LogP contribution in [0.5, 0.6) is 5.75 Å². The van der Waals surface area contributed by atoms with Crippen LogP contribution in [-0.2, 0) is 6.42 Å². The van der Waals surface area contributed by atoms with Gasteiger partial charge in [0.15, 0.2) is 0 Å². The summed E-state index contributed by atoms with van der Waals surface area (Å²) in [4.78, 5) is 0. The largest absolute Gasteiger partial charge is 0.494 e. The minimum atomic E-state index is 0.755. The first kappa shape index (κ1) is 14.4. The summed E-state index contributed by atoms with van der Waals surface area (Å²) >= 11 is 0. The monoisotopic (exact) mass is 266 g/mol. The molecule has 0 bridgehead atoms. The van der Waals surface area contributed by atoms with Crippen LogP contribution in [0.25, 0.3) is 0 Å². The minimum Gasteiger partial charge on any atom is -0.494 e.